The van der Waals surface area contributed by atoms with E-state index in [1.54, 1.807) is 0 Å². The number of hydrogen-bond donors (Lipinski definition) is 1. The molecule has 4 aliphatic rings. The zero-order valence-electron chi connectivity index (χ0n) is 16.9. The molecule has 4 rings (SSSR count). The van der Waals surface area contributed by atoms with Crippen molar-refractivity contribution in [3.05, 3.63) is 0 Å². The maximum absolute atomic E-state index is 12.7. The second-order valence-electron chi connectivity index (χ2n) is 11.0. The lowest BCUT2D eigenvalue weighted by molar-refractivity contribution is -0.168. The summed E-state index contributed by atoms with van der Waals surface area (Å²) in [5.74, 6) is 3.78. The molecule has 148 valence electrons. The normalized spacial score (nSPS) is 54.0. The summed E-state index contributed by atoms with van der Waals surface area (Å²) in [5, 5.41) is 11.2. The first-order chi connectivity index (χ1) is 12.2. The van der Waals surface area contributed by atoms with Crippen molar-refractivity contribution in [2.75, 3.05) is 5.33 Å². The maximum atomic E-state index is 12.7. The highest BCUT2D eigenvalue weighted by Gasteiger charge is 2.60. The van der Waals surface area contributed by atoms with Gasteiger partial charge < -0.3 is 5.11 Å². The quantitative estimate of drug-likeness (QED) is 0.572. The Labute approximate surface area is 168 Å². The summed E-state index contributed by atoms with van der Waals surface area (Å²) in [6.45, 7) is 7.06. The molecule has 0 heterocycles. The van der Waals surface area contributed by atoms with E-state index in [-0.39, 0.29) is 11.3 Å². The highest BCUT2D eigenvalue weighted by atomic mass is 79.9. The van der Waals surface area contributed by atoms with Crippen molar-refractivity contribution in [1.29, 1.82) is 0 Å². The van der Waals surface area contributed by atoms with Crippen LogP contribution in [0, 0.1) is 40.4 Å². The van der Waals surface area contributed by atoms with Gasteiger partial charge >= 0.3 is 0 Å². The van der Waals surface area contributed by atoms with E-state index in [9.17, 15) is 9.90 Å². The van der Waals surface area contributed by atoms with Crippen molar-refractivity contribution in [3.8, 4) is 0 Å². The van der Waals surface area contributed by atoms with Gasteiger partial charge in [-0.15, -0.1) is 0 Å². The van der Waals surface area contributed by atoms with Crippen LogP contribution in [0.4, 0.5) is 0 Å². The van der Waals surface area contributed by atoms with Crippen molar-refractivity contribution in [2.24, 2.45) is 40.4 Å². The van der Waals surface area contributed by atoms with Gasteiger partial charge in [0.15, 0.2) is 0 Å². The lowest BCUT2D eigenvalue weighted by Gasteiger charge is -2.64. The van der Waals surface area contributed by atoms with Crippen molar-refractivity contribution < 1.29 is 9.90 Å². The Kier molecular flexibility index (Phi) is 4.91. The Morgan fingerprint density at radius 2 is 1.69 bits per heavy atom. The van der Waals surface area contributed by atoms with E-state index in [2.05, 4.69) is 29.8 Å². The Hall–Kier alpha value is 0.110. The van der Waals surface area contributed by atoms with Gasteiger partial charge in [-0.3, -0.25) is 4.79 Å². The summed E-state index contributed by atoms with van der Waals surface area (Å²) in [5.41, 5.74) is 0.199. The smallest absolute Gasteiger partial charge is 0.147 e. The number of aliphatic hydroxyl groups is 1. The summed E-state index contributed by atoms with van der Waals surface area (Å²) in [7, 11) is 0. The predicted octanol–water partition coefficient (Wildman–Crippen LogP) is 5.75. The molecule has 0 aromatic rings. The van der Waals surface area contributed by atoms with Crippen molar-refractivity contribution in [2.45, 2.75) is 90.6 Å². The van der Waals surface area contributed by atoms with E-state index in [4.69, 9.17) is 0 Å². The first-order valence-corrected chi connectivity index (χ1v) is 12.1. The van der Waals surface area contributed by atoms with E-state index in [0.717, 1.165) is 37.0 Å². The third-order valence-corrected chi connectivity index (χ3v) is 10.3. The second-order valence-corrected chi connectivity index (χ2v) is 11.5. The predicted molar refractivity (Wildman–Crippen MR) is 109 cm³/mol. The minimum atomic E-state index is -0.446. The molecule has 4 aliphatic carbocycles. The lowest BCUT2D eigenvalue weighted by Crippen LogP contribution is -2.58. The molecule has 0 saturated heterocycles. The molecule has 2 nitrogen and oxygen atoms in total. The molecule has 1 N–H and O–H groups in total. The molecule has 26 heavy (non-hydrogen) atoms. The van der Waals surface area contributed by atoms with Gasteiger partial charge in [0.25, 0.3) is 0 Å². The monoisotopic (exact) mass is 424 g/mol. The third kappa shape index (κ3) is 2.86. The van der Waals surface area contributed by atoms with Gasteiger partial charge in [0.1, 0.15) is 5.78 Å². The number of fused-ring (bicyclic) bond motifs is 5. The molecule has 4 fully saturated rings. The molecule has 8 atom stereocenters. The van der Waals surface area contributed by atoms with Gasteiger partial charge in [-0.2, -0.15) is 0 Å². The highest BCUT2D eigenvalue weighted by molar-refractivity contribution is 9.09. The second kappa shape index (κ2) is 6.58. The van der Waals surface area contributed by atoms with Crippen LogP contribution in [0.3, 0.4) is 0 Å². The van der Waals surface area contributed by atoms with Crippen molar-refractivity contribution in [3.63, 3.8) is 0 Å². The average molecular weight is 425 g/mol. The summed E-state index contributed by atoms with van der Waals surface area (Å²) in [6.07, 6.45) is 12.0. The highest BCUT2D eigenvalue weighted by Crippen LogP contribution is 2.67. The molecule has 0 aromatic carbocycles. The van der Waals surface area contributed by atoms with Crippen LogP contribution >= 0.6 is 15.9 Å². The first-order valence-electron chi connectivity index (χ1n) is 11.0. The number of alkyl halides is 1. The molecule has 4 saturated carbocycles. The molecule has 0 spiro atoms. The van der Waals surface area contributed by atoms with Crippen LogP contribution in [0.15, 0.2) is 0 Å². The van der Waals surface area contributed by atoms with Crippen LogP contribution in [0.2, 0.25) is 0 Å². The largest absolute Gasteiger partial charge is 0.390 e. The molecule has 0 amide bonds. The van der Waals surface area contributed by atoms with Crippen LogP contribution in [0.25, 0.3) is 0 Å². The number of Topliss-reactive ketones (excluding diaryl/α,β-unsaturated/α-hetero) is 1. The van der Waals surface area contributed by atoms with E-state index in [1.807, 2.05) is 6.92 Å². The Balaban J connectivity index is 1.61. The van der Waals surface area contributed by atoms with E-state index in [0.29, 0.717) is 22.4 Å². The van der Waals surface area contributed by atoms with Gasteiger partial charge in [-0.1, -0.05) is 36.2 Å². The summed E-state index contributed by atoms with van der Waals surface area (Å²) < 4.78 is 0. The van der Waals surface area contributed by atoms with Crippen LogP contribution < -0.4 is 0 Å². The van der Waals surface area contributed by atoms with Gasteiger partial charge in [0, 0.05) is 5.92 Å². The molecular formula is C23H37BrO2. The van der Waals surface area contributed by atoms with Crippen molar-refractivity contribution >= 4 is 21.7 Å². The minimum Gasteiger partial charge on any atom is -0.390 e. The zero-order chi connectivity index (χ0) is 18.7. The van der Waals surface area contributed by atoms with E-state index in [1.165, 1.54) is 44.9 Å². The maximum Gasteiger partial charge on any atom is 0.147 e. The number of carbonyl (C=O) groups excluding carboxylic acids is 1. The number of carbonyl (C=O) groups is 1. The van der Waals surface area contributed by atoms with Crippen LogP contribution in [0.1, 0.15) is 85.0 Å². The van der Waals surface area contributed by atoms with Gasteiger partial charge in [0.2, 0.25) is 0 Å². The minimum absolute atomic E-state index is 0.230. The molecule has 3 heteroatoms. The zero-order valence-corrected chi connectivity index (χ0v) is 18.5. The van der Waals surface area contributed by atoms with Gasteiger partial charge in [0.05, 0.1) is 10.9 Å². The molecule has 0 aromatic heterocycles. The fraction of sp³-hybridized carbons (Fsp3) is 0.957. The standard InChI is InChI=1S/C23H37BrO2/c1-21(26)11-12-22(2)15(13-21)7-8-16-17-5-4-6-19(20(25)14-24)23(17,3)10-9-18(16)22/h15-19,26H,4-14H2,1-3H3/t15-,16-,17?,18-,19+,21+,22-,23-/m0/s1. The van der Waals surface area contributed by atoms with Crippen LogP contribution in [-0.4, -0.2) is 21.8 Å². The summed E-state index contributed by atoms with van der Waals surface area (Å²) >= 11 is 3.45. The molecular weight excluding hydrogens is 388 g/mol. The number of rotatable bonds is 2. The Bertz CT molecular complexity index is 573. The average Bonchev–Trinajstić information content (AvgIpc) is 2.60. The fourth-order valence-corrected chi connectivity index (χ4v) is 8.64. The van der Waals surface area contributed by atoms with Gasteiger partial charge in [-0.25, -0.2) is 0 Å². The third-order valence-electron chi connectivity index (χ3n) is 9.72. The van der Waals surface area contributed by atoms with E-state index < -0.39 is 5.60 Å². The van der Waals surface area contributed by atoms with Gasteiger partial charge in [-0.05, 0) is 99.2 Å². The Morgan fingerprint density at radius 3 is 2.42 bits per heavy atom. The topological polar surface area (TPSA) is 37.3 Å². The number of ketones is 1. The molecule has 0 bridgehead atoms. The first kappa shape index (κ1) is 19.4. The Morgan fingerprint density at radius 1 is 0.962 bits per heavy atom. The van der Waals surface area contributed by atoms with Crippen molar-refractivity contribution in [1.82, 2.24) is 0 Å². The molecule has 0 aliphatic heterocycles. The van der Waals surface area contributed by atoms with Crippen LogP contribution in [-0.2, 0) is 4.79 Å². The number of halogens is 1. The lowest BCUT2D eigenvalue weighted by atomic mass is 9.41. The number of hydrogen-bond acceptors (Lipinski definition) is 2. The van der Waals surface area contributed by atoms with Crippen LogP contribution in [0.5, 0.6) is 0 Å². The summed E-state index contributed by atoms with van der Waals surface area (Å²) in [4.78, 5) is 12.7. The molecule has 1 unspecified atom stereocenters. The summed E-state index contributed by atoms with van der Waals surface area (Å²) in [6, 6.07) is 0. The molecule has 0 radical (unpaired) electrons. The SMILES string of the molecule is C[C@@]1(O)CC[C@@]2(C)[C@@H](CC[C@H]3C4CCC[C@H](C(=O)CBr)[C@@]4(C)CC[C@@H]32)C1. The van der Waals surface area contributed by atoms with E-state index >= 15 is 0 Å². The fourth-order valence-electron chi connectivity index (χ4n) is 8.25.